The Morgan fingerprint density at radius 1 is 1.32 bits per heavy atom. The second kappa shape index (κ2) is 5.84. The van der Waals surface area contributed by atoms with Crippen molar-refractivity contribution in [3.05, 3.63) is 24.0 Å². The molecule has 0 unspecified atom stereocenters. The van der Waals surface area contributed by atoms with Crippen LogP contribution in [-0.2, 0) is 9.53 Å². The fourth-order valence-corrected chi connectivity index (χ4v) is 3.43. The summed E-state index contributed by atoms with van der Waals surface area (Å²) in [7, 11) is 0. The van der Waals surface area contributed by atoms with E-state index in [9.17, 15) is 9.59 Å². The van der Waals surface area contributed by atoms with E-state index in [0.29, 0.717) is 17.5 Å². The first kappa shape index (κ1) is 17.4. The Labute approximate surface area is 146 Å². The zero-order valence-corrected chi connectivity index (χ0v) is 15.2. The third-order valence-corrected chi connectivity index (χ3v) is 4.33. The lowest BCUT2D eigenvalue weighted by molar-refractivity contribution is -0.117. The van der Waals surface area contributed by atoms with Crippen molar-refractivity contribution < 1.29 is 14.3 Å². The largest absolute Gasteiger partial charge is 0.443 e. The van der Waals surface area contributed by atoms with Crippen LogP contribution < -0.4 is 10.6 Å². The number of nitrogens with two attached hydrogens (primary N) is 1. The van der Waals surface area contributed by atoms with Gasteiger partial charge in [-0.05, 0) is 46.2 Å². The van der Waals surface area contributed by atoms with E-state index >= 15 is 0 Å². The van der Waals surface area contributed by atoms with Crippen molar-refractivity contribution in [1.82, 2.24) is 9.55 Å². The van der Waals surface area contributed by atoms with Crippen molar-refractivity contribution in [2.24, 2.45) is 5.73 Å². The average molecular weight is 344 g/mol. The molecular weight excluding hydrogens is 320 g/mol. The van der Waals surface area contributed by atoms with Crippen molar-refractivity contribution in [2.45, 2.75) is 58.7 Å². The minimum Gasteiger partial charge on any atom is -0.443 e. The molecule has 0 aliphatic carbocycles. The van der Waals surface area contributed by atoms with Crippen LogP contribution in [0.2, 0.25) is 0 Å². The van der Waals surface area contributed by atoms with Crippen LogP contribution in [0.1, 0.15) is 52.6 Å². The number of carbonyl (C=O) groups excluding carboxylic acids is 2. The van der Waals surface area contributed by atoms with Crippen molar-refractivity contribution in [2.75, 3.05) is 4.90 Å². The van der Waals surface area contributed by atoms with Gasteiger partial charge in [-0.3, -0.25) is 4.79 Å². The molecule has 134 valence electrons. The van der Waals surface area contributed by atoms with E-state index in [1.807, 2.05) is 33.8 Å². The summed E-state index contributed by atoms with van der Waals surface area (Å²) in [4.78, 5) is 30.6. The Morgan fingerprint density at radius 3 is 2.60 bits per heavy atom. The summed E-state index contributed by atoms with van der Waals surface area (Å²) in [5, 5.41) is 0. The fourth-order valence-electron chi connectivity index (χ4n) is 3.43. The van der Waals surface area contributed by atoms with E-state index in [4.69, 9.17) is 10.5 Å². The van der Waals surface area contributed by atoms with Gasteiger partial charge in [-0.15, -0.1) is 0 Å². The minimum absolute atomic E-state index is 0.0189. The van der Waals surface area contributed by atoms with Crippen molar-refractivity contribution in [3.8, 4) is 0 Å². The summed E-state index contributed by atoms with van der Waals surface area (Å²) in [6.45, 7) is 8.96. The van der Waals surface area contributed by atoms with Crippen molar-refractivity contribution in [3.63, 3.8) is 0 Å². The third kappa shape index (κ3) is 3.00. The van der Waals surface area contributed by atoms with Crippen molar-refractivity contribution >= 4 is 28.7 Å². The molecule has 1 amide bonds. The molecule has 2 aromatic rings. The van der Waals surface area contributed by atoms with Gasteiger partial charge in [0.25, 0.3) is 0 Å². The molecule has 1 aliphatic rings. The van der Waals surface area contributed by atoms with Gasteiger partial charge in [0.15, 0.2) is 0 Å². The molecule has 0 fully saturated rings. The summed E-state index contributed by atoms with van der Waals surface area (Å²) in [5.41, 5.74) is 8.57. The Bertz CT molecular complexity index is 850. The normalized spacial score (nSPS) is 20.5. The van der Waals surface area contributed by atoms with Gasteiger partial charge in [0.05, 0.1) is 16.7 Å². The van der Waals surface area contributed by atoms with Crippen LogP contribution in [0, 0.1) is 0 Å². The zero-order valence-electron chi connectivity index (χ0n) is 15.2. The third-order valence-electron chi connectivity index (χ3n) is 4.33. The lowest BCUT2D eigenvalue weighted by Gasteiger charge is -2.37. The summed E-state index contributed by atoms with van der Waals surface area (Å²) < 4.78 is 6.80. The summed E-state index contributed by atoms with van der Waals surface area (Å²) in [6, 6.07) is 3.39. The van der Waals surface area contributed by atoms with Gasteiger partial charge in [0.2, 0.25) is 5.91 Å². The number of nitrogens with zero attached hydrogens (tertiary/aromatic N) is 3. The summed E-state index contributed by atoms with van der Waals surface area (Å²) in [6.07, 6.45) is 1.60. The van der Waals surface area contributed by atoms with Crippen LogP contribution in [-0.4, -0.2) is 33.2 Å². The van der Waals surface area contributed by atoms with Gasteiger partial charge in [-0.2, -0.15) is 0 Å². The van der Waals surface area contributed by atoms with E-state index in [0.717, 1.165) is 11.3 Å². The molecule has 7 heteroatoms. The molecule has 3 rings (SSSR count). The highest BCUT2D eigenvalue weighted by Crippen LogP contribution is 2.40. The van der Waals surface area contributed by atoms with Gasteiger partial charge in [0, 0.05) is 24.6 Å². The van der Waals surface area contributed by atoms with Crippen LogP contribution in [0.25, 0.3) is 11.0 Å². The quantitative estimate of drug-likeness (QED) is 0.793. The Morgan fingerprint density at radius 2 is 2.00 bits per heavy atom. The molecule has 1 aliphatic heterocycles. The molecule has 25 heavy (non-hydrogen) atoms. The van der Waals surface area contributed by atoms with Crippen LogP contribution >= 0.6 is 0 Å². The molecule has 0 bridgehead atoms. The van der Waals surface area contributed by atoms with E-state index < -0.39 is 11.7 Å². The fraction of sp³-hybridized carbons (Fsp3) is 0.500. The van der Waals surface area contributed by atoms with Crippen LogP contribution in [0.15, 0.2) is 18.5 Å². The molecule has 2 atom stereocenters. The van der Waals surface area contributed by atoms with E-state index in [1.54, 1.807) is 17.9 Å². The predicted octanol–water partition coefficient (Wildman–Crippen LogP) is 2.96. The standard InChI is InChI=1S/C18H24N4O3/c1-10-8-12(19)15-13(22(10)11(2)23)6-7-14-16(15)20-9-21(14)17(24)25-18(3,4)5/h6-7,9-10,12H,8,19H2,1-5H3/t10-,12+/m1/s1. The zero-order chi connectivity index (χ0) is 18.5. The second-order valence-electron chi connectivity index (χ2n) is 7.54. The number of imidazole rings is 1. The van der Waals surface area contributed by atoms with Gasteiger partial charge in [-0.1, -0.05) is 0 Å². The number of anilines is 1. The number of fused-ring (bicyclic) bond motifs is 3. The second-order valence-corrected chi connectivity index (χ2v) is 7.54. The molecule has 1 aromatic carbocycles. The summed E-state index contributed by atoms with van der Waals surface area (Å²) in [5.74, 6) is -0.0356. The monoisotopic (exact) mass is 344 g/mol. The number of amides is 1. The Hall–Kier alpha value is -2.41. The Kier molecular flexibility index (Phi) is 4.07. The van der Waals surface area contributed by atoms with Gasteiger partial charge < -0.3 is 15.4 Å². The van der Waals surface area contributed by atoms with E-state index in [1.165, 1.54) is 10.9 Å². The molecule has 2 N–H and O–H groups in total. The van der Waals surface area contributed by atoms with Gasteiger partial charge in [-0.25, -0.2) is 14.3 Å². The molecule has 1 aromatic heterocycles. The SMILES string of the molecule is CC(=O)N1c2ccc3c(ncn3C(=O)OC(C)(C)C)c2[C@@H](N)C[C@H]1C. The van der Waals surface area contributed by atoms with Crippen LogP contribution in [0.4, 0.5) is 10.5 Å². The smallest absolute Gasteiger partial charge is 0.420 e. The lowest BCUT2D eigenvalue weighted by Crippen LogP contribution is -2.43. The average Bonchev–Trinajstić information content (AvgIpc) is 2.88. The highest BCUT2D eigenvalue weighted by molar-refractivity contribution is 5.99. The first-order valence-electron chi connectivity index (χ1n) is 8.39. The minimum atomic E-state index is -0.598. The van der Waals surface area contributed by atoms with Crippen LogP contribution in [0.5, 0.6) is 0 Å². The lowest BCUT2D eigenvalue weighted by atomic mass is 9.91. The predicted molar refractivity (Wildman–Crippen MR) is 95.5 cm³/mol. The van der Waals surface area contributed by atoms with Crippen molar-refractivity contribution in [1.29, 1.82) is 0 Å². The first-order chi connectivity index (χ1) is 11.6. The number of hydrogen-bond donors (Lipinski definition) is 1. The van der Waals surface area contributed by atoms with Gasteiger partial charge >= 0.3 is 6.09 Å². The topological polar surface area (TPSA) is 90.5 Å². The Balaban J connectivity index is 2.14. The highest BCUT2D eigenvalue weighted by atomic mass is 16.6. The van der Waals surface area contributed by atoms with E-state index in [2.05, 4.69) is 4.98 Å². The molecular formula is C18H24N4O3. The summed E-state index contributed by atoms with van der Waals surface area (Å²) >= 11 is 0. The maximum atomic E-state index is 12.4. The van der Waals surface area contributed by atoms with Gasteiger partial charge in [0.1, 0.15) is 11.9 Å². The number of aromatic nitrogens is 2. The number of carbonyl (C=O) groups is 2. The molecule has 0 spiro atoms. The van der Waals surface area contributed by atoms with Crippen LogP contribution in [0.3, 0.4) is 0 Å². The maximum absolute atomic E-state index is 12.4. The number of rotatable bonds is 0. The van der Waals surface area contributed by atoms with E-state index in [-0.39, 0.29) is 18.0 Å². The highest BCUT2D eigenvalue weighted by Gasteiger charge is 2.33. The molecule has 2 heterocycles. The molecule has 7 nitrogen and oxygen atoms in total. The number of benzene rings is 1. The number of hydrogen-bond acceptors (Lipinski definition) is 5. The maximum Gasteiger partial charge on any atom is 0.420 e. The molecule has 0 saturated carbocycles. The first-order valence-corrected chi connectivity index (χ1v) is 8.39. The molecule has 0 radical (unpaired) electrons. The molecule has 0 saturated heterocycles. The number of ether oxygens (including phenoxy) is 1.